The van der Waals surface area contributed by atoms with Gasteiger partial charge in [0, 0.05) is 36.1 Å². The standard InChI is InChI=1S/C23H30ClN3O2/c24-20-8-4-7-19(15-20)23(17-25)11-9-21(10-12-23)26-13-14-27-22(28)29-16-18-5-2-1-3-6-18/h1-8,15,21,26H,9-14,16-17,25H2,(H,27,28). The molecule has 3 rings (SSSR count). The number of carbonyl (C=O) groups excluding carboxylic acids is 1. The molecule has 0 bridgehead atoms. The number of rotatable bonds is 8. The smallest absolute Gasteiger partial charge is 0.407 e. The van der Waals surface area contributed by atoms with Crippen molar-refractivity contribution >= 4 is 17.7 Å². The van der Waals surface area contributed by atoms with E-state index in [1.54, 1.807) is 0 Å². The van der Waals surface area contributed by atoms with E-state index in [1.807, 2.05) is 48.5 Å². The van der Waals surface area contributed by atoms with Crippen molar-refractivity contribution < 1.29 is 9.53 Å². The molecule has 156 valence electrons. The Morgan fingerprint density at radius 3 is 2.55 bits per heavy atom. The first-order valence-corrected chi connectivity index (χ1v) is 10.6. The second-order valence-electron chi connectivity index (χ2n) is 7.71. The Morgan fingerprint density at radius 1 is 1.10 bits per heavy atom. The lowest BCUT2D eigenvalue weighted by molar-refractivity contribution is 0.139. The number of alkyl carbamates (subject to hydrolysis) is 1. The van der Waals surface area contributed by atoms with E-state index in [2.05, 4.69) is 16.7 Å². The van der Waals surface area contributed by atoms with Gasteiger partial charge in [0.25, 0.3) is 0 Å². The highest BCUT2D eigenvalue weighted by Crippen LogP contribution is 2.39. The van der Waals surface area contributed by atoms with Crippen molar-refractivity contribution in [2.24, 2.45) is 5.73 Å². The third-order valence-corrected chi connectivity index (χ3v) is 6.05. The van der Waals surface area contributed by atoms with E-state index < -0.39 is 0 Å². The van der Waals surface area contributed by atoms with Gasteiger partial charge in [-0.1, -0.05) is 54.1 Å². The number of nitrogens with two attached hydrogens (primary N) is 1. The number of benzene rings is 2. The van der Waals surface area contributed by atoms with Gasteiger partial charge >= 0.3 is 6.09 Å². The lowest BCUT2D eigenvalue weighted by atomic mass is 9.68. The van der Waals surface area contributed by atoms with Gasteiger partial charge in [-0.3, -0.25) is 0 Å². The summed E-state index contributed by atoms with van der Waals surface area (Å²) in [4.78, 5) is 11.8. The molecule has 2 aromatic carbocycles. The van der Waals surface area contributed by atoms with Gasteiger partial charge in [0.05, 0.1) is 0 Å². The fourth-order valence-electron chi connectivity index (χ4n) is 4.02. The molecule has 0 heterocycles. The van der Waals surface area contributed by atoms with Gasteiger partial charge < -0.3 is 21.1 Å². The average molecular weight is 416 g/mol. The van der Waals surface area contributed by atoms with Crippen LogP contribution >= 0.6 is 11.6 Å². The zero-order valence-corrected chi connectivity index (χ0v) is 17.5. The van der Waals surface area contributed by atoms with Gasteiger partial charge in [0.1, 0.15) is 6.61 Å². The van der Waals surface area contributed by atoms with Crippen LogP contribution in [0.1, 0.15) is 36.8 Å². The summed E-state index contributed by atoms with van der Waals surface area (Å²) < 4.78 is 5.22. The SMILES string of the molecule is NCC1(c2cccc(Cl)c2)CCC(NCCNC(=O)OCc2ccccc2)CC1. The van der Waals surface area contributed by atoms with Crippen molar-refractivity contribution in [3.8, 4) is 0 Å². The molecule has 0 radical (unpaired) electrons. The second-order valence-corrected chi connectivity index (χ2v) is 8.15. The molecule has 0 aliphatic heterocycles. The normalized spacial score (nSPS) is 21.5. The Balaban J connectivity index is 1.35. The van der Waals surface area contributed by atoms with Crippen LogP contribution in [-0.2, 0) is 16.8 Å². The highest BCUT2D eigenvalue weighted by atomic mass is 35.5. The number of carbonyl (C=O) groups is 1. The maximum Gasteiger partial charge on any atom is 0.407 e. The molecule has 6 heteroatoms. The number of hydrogen-bond donors (Lipinski definition) is 3. The molecule has 0 spiro atoms. The quantitative estimate of drug-likeness (QED) is 0.569. The van der Waals surface area contributed by atoms with E-state index >= 15 is 0 Å². The highest BCUT2D eigenvalue weighted by Gasteiger charge is 2.35. The largest absolute Gasteiger partial charge is 0.445 e. The Hall–Kier alpha value is -2.08. The molecular weight excluding hydrogens is 386 g/mol. The first-order valence-electron chi connectivity index (χ1n) is 10.3. The van der Waals surface area contributed by atoms with Crippen LogP contribution in [0.15, 0.2) is 54.6 Å². The van der Waals surface area contributed by atoms with E-state index in [0.717, 1.165) is 42.8 Å². The van der Waals surface area contributed by atoms with Gasteiger partial charge in [-0.05, 0) is 48.9 Å². The number of amides is 1. The third kappa shape index (κ3) is 6.20. The summed E-state index contributed by atoms with van der Waals surface area (Å²) >= 11 is 6.18. The zero-order valence-electron chi connectivity index (χ0n) is 16.7. The molecule has 0 aromatic heterocycles. The Kier molecular flexibility index (Phi) is 7.92. The van der Waals surface area contributed by atoms with Crippen LogP contribution in [-0.4, -0.2) is 31.8 Å². The van der Waals surface area contributed by atoms with Crippen LogP contribution in [0.4, 0.5) is 4.79 Å². The summed E-state index contributed by atoms with van der Waals surface area (Å²) in [6.07, 6.45) is 3.80. The molecule has 0 saturated heterocycles. The highest BCUT2D eigenvalue weighted by molar-refractivity contribution is 6.30. The predicted octanol–water partition coefficient (Wildman–Crippen LogP) is 4.00. The van der Waals surface area contributed by atoms with E-state index in [-0.39, 0.29) is 18.1 Å². The molecule has 1 fully saturated rings. The summed E-state index contributed by atoms with van der Waals surface area (Å²) in [6, 6.07) is 18.2. The molecule has 1 amide bonds. The fourth-order valence-corrected chi connectivity index (χ4v) is 4.21. The van der Waals surface area contributed by atoms with E-state index in [0.29, 0.717) is 19.1 Å². The molecule has 0 atom stereocenters. The summed E-state index contributed by atoms with van der Waals surface area (Å²) in [5.41, 5.74) is 8.40. The molecule has 0 unspecified atom stereocenters. The minimum atomic E-state index is -0.387. The Bertz CT molecular complexity index is 777. The third-order valence-electron chi connectivity index (χ3n) is 5.81. The first kappa shape index (κ1) is 21.6. The van der Waals surface area contributed by atoms with Gasteiger partial charge in [0.15, 0.2) is 0 Å². The molecule has 5 nitrogen and oxygen atoms in total. The minimum absolute atomic E-state index is 0.0164. The molecule has 4 N–H and O–H groups in total. The van der Waals surface area contributed by atoms with Crippen molar-refractivity contribution in [2.75, 3.05) is 19.6 Å². The van der Waals surface area contributed by atoms with E-state index in [4.69, 9.17) is 22.1 Å². The van der Waals surface area contributed by atoms with Crippen LogP contribution in [0, 0.1) is 0 Å². The predicted molar refractivity (Wildman–Crippen MR) is 117 cm³/mol. The molecule has 1 saturated carbocycles. The lowest BCUT2D eigenvalue weighted by Gasteiger charge is -2.40. The van der Waals surface area contributed by atoms with Gasteiger partial charge in [-0.25, -0.2) is 4.79 Å². The summed E-state index contributed by atoms with van der Waals surface area (Å²) in [5.74, 6) is 0. The Morgan fingerprint density at radius 2 is 1.86 bits per heavy atom. The maximum atomic E-state index is 11.8. The number of hydrogen-bond acceptors (Lipinski definition) is 4. The van der Waals surface area contributed by atoms with Crippen molar-refractivity contribution in [1.82, 2.24) is 10.6 Å². The van der Waals surface area contributed by atoms with Gasteiger partial charge in [-0.15, -0.1) is 0 Å². The van der Waals surface area contributed by atoms with Crippen molar-refractivity contribution in [3.63, 3.8) is 0 Å². The van der Waals surface area contributed by atoms with Crippen LogP contribution in [0.5, 0.6) is 0 Å². The van der Waals surface area contributed by atoms with Crippen LogP contribution in [0.3, 0.4) is 0 Å². The first-order chi connectivity index (χ1) is 14.1. The Labute approximate surface area is 178 Å². The van der Waals surface area contributed by atoms with E-state index in [1.165, 1.54) is 5.56 Å². The van der Waals surface area contributed by atoms with Crippen LogP contribution < -0.4 is 16.4 Å². The fraction of sp³-hybridized carbons (Fsp3) is 0.435. The van der Waals surface area contributed by atoms with Crippen LogP contribution in [0.25, 0.3) is 0 Å². The topological polar surface area (TPSA) is 76.4 Å². The minimum Gasteiger partial charge on any atom is -0.445 e. The molecular formula is C23H30ClN3O2. The lowest BCUT2D eigenvalue weighted by Crippen LogP contribution is -2.45. The second kappa shape index (κ2) is 10.6. The average Bonchev–Trinajstić information content (AvgIpc) is 2.76. The monoisotopic (exact) mass is 415 g/mol. The van der Waals surface area contributed by atoms with Crippen molar-refractivity contribution in [1.29, 1.82) is 0 Å². The van der Waals surface area contributed by atoms with Gasteiger partial charge in [-0.2, -0.15) is 0 Å². The molecule has 29 heavy (non-hydrogen) atoms. The molecule has 1 aliphatic carbocycles. The molecule has 1 aliphatic rings. The number of nitrogens with one attached hydrogen (secondary N) is 2. The zero-order chi connectivity index (χ0) is 20.5. The molecule has 2 aromatic rings. The van der Waals surface area contributed by atoms with Crippen molar-refractivity contribution in [2.45, 2.75) is 43.7 Å². The van der Waals surface area contributed by atoms with E-state index in [9.17, 15) is 4.79 Å². The maximum absolute atomic E-state index is 11.8. The number of ether oxygens (including phenoxy) is 1. The van der Waals surface area contributed by atoms with Crippen molar-refractivity contribution in [3.05, 3.63) is 70.7 Å². The van der Waals surface area contributed by atoms with Crippen LogP contribution in [0.2, 0.25) is 5.02 Å². The summed E-state index contributed by atoms with van der Waals surface area (Å²) in [5, 5.41) is 7.10. The summed E-state index contributed by atoms with van der Waals surface area (Å²) in [7, 11) is 0. The summed E-state index contributed by atoms with van der Waals surface area (Å²) in [6.45, 7) is 2.18. The number of halogens is 1. The van der Waals surface area contributed by atoms with Gasteiger partial charge in [0.2, 0.25) is 0 Å².